The van der Waals surface area contributed by atoms with Crippen molar-refractivity contribution in [3.63, 3.8) is 0 Å². The first-order chi connectivity index (χ1) is 17.6. The first-order valence-electron chi connectivity index (χ1n) is 11.1. The summed E-state index contributed by atoms with van der Waals surface area (Å²) >= 11 is 7.33. The topological polar surface area (TPSA) is 90.6 Å². The Hall–Kier alpha value is -3.82. The van der Waals surface area contributed by atoms with Gasteiger partial charge in [0, 0.05) is 16.3 Å². The summed E-state index contributed by atoms with van der Waals surface area (Å²) in [5.41, 5.74) is 5.07. The van der Waals surface area contributed by atoms with E-state index in [2.05, 4.69) is 20.7 Å². The maximum absolute atomic E-state index is 12.4. The zero-order valence-electron chi connectivity index (χ0n) is 19.7. The molecule has 0 atom stereocenters. The molecule has 0 aliphatic carbocycles. The van der Waals surface area contributed by atoms with Gasteiger partial charge in [0.25, 0.3) is 5.91 Å². The van der Waals surface area contributed by atoms with Crippen LogP contribution in [0.1, 0.15) is 12.5 Å². The van der Waals surface area contributed by atoms with E-state index in [4.69, 9.17) is 21.1 Å². The highest BCUT2D eigenvalue weighted by molar-refractivity contribution is 7.99. The van der Waals surface area contributed by atoms with Crippen LogP contribution < -0.4 is 14.9 Å². The Bertz CT molecular complexity index is 1320. The highest BCUT2D eigenvalue weighted by atomic mass is 35.5. The van der Waals surface area contributed by atoms with Gasteiger partial charge in [-0.05, 0) is 85.3 Å². The van der Waals surface area contributed by atoms with Crippen molar-refractivity contribution < 1.29 is 14.3 Å². The van der Waals surface area contributed by atoms with Gasteiger partial charge >= 0.3 is 0 Å². The molecule has 0 saturated heterocycles. The number of rotatable bonds is 10. The Morgan fingerprint density at radius 3 is 2.39 bits per heavy atom. The third-order valence-corrected chi connectivity index (χ3v) is 6.17. The molecule has 4 aromatic rings. The third kappa shape index (κ3) is 6.44. The SMILES string of the molecule is CCOc1ccc(-n2c(SCC(=O)NN=Cc3ccc(OC)cc3)nnc2-c2ccc(Cl)cc2)cc1. The normalized spacial score (nSPS) is 11.0. The number of nitrogens with one attached hydrogen (secondary N) is 1. The van der Waals surface area contributed by atoms with Crippen molar-refractivity contribution in [3.8, 4) is 28.6 Å². The third-order valence-electron chi connectivity index (χ3n) is 4.99. The lowest BCUT2D eigenvalue weighted by molar-refractivity contribution is -0.118. The van der Waals surface area contributed by atoms with Crippen LogP contribution in [-0.4, -0.2) is 46.4 Å². The molecule has 0 bridgehead atoms. The Labute approximate surface area is 218 Å². The van der Waals surface area contributed by atoms with E-state index in [0.29, 0.717) is 22.6 Å². The van der Waals surface area contributed by atoms with Crippen molar-refractivity contribution in [2.45, 2.75) is 12.1 Å². The summed E-state index contributed by atoms with van der Waals surface area (Å²) in [6.45, 7) is 2.52. The quantitative estimate of drug-likeness (QED) is 0.174. The molecule has 0 saturated carbocycles. The molecule has 0 aliphatic heterocycles. The highest BCUT2D eigenvalue weighted by Crippen LogP contribution is 2.29. The van der Waals surface area contributed by atoms with Crippen molar-refractivity contribution in [2.24, 2.45) is 5.10 Å². The minimum Gasteiger partial charge on any atom is -0.497 e. The number of methoxy groups -OCH3 is 1. The van der Waals surface area contributed by atoms with Gasteiger partial charge in [-0.2, -0.15) is 5.10 Å². The lowest BCUT2D eigenvalue weighted by atomic mass is 10.2. The first kappa shape index (κ1) is 25.3. The molecule has 1 heterocycles. The summed E-state index contributed by atoms with van der Waals surface area (Å²) in [5, 5.41) is 14.0. The average molecular weight is 522 g/mol. The molecule has 1 N–H and O–H groups in total. The zero-order chi connectivity index (χ0) is 25.3. The second-order valence-corrected chi connectivity index (χ2v) is 8.81. The van der Waals surface area contributed by atoms with Crippen molar-refractivity contribution in [2.75, 3.05) is 19.5 Å². The zero-order valence-corrected chi connectivity index (χ0v) is 21.3. The second-order valence-electron chi connectivity index (χ2n) is 7.43. The van der Waals surface area contributed by atoms with E-state index in [0.717, 1.165) is 28.3 Å². The molecule has 3 aromatic carbocycles. The molecular weight excluding hydrogens is 498 g/mol. The minimum absolute atomic E-state index is 0.107. The molecule has 0 aliphatic rings. The first-order valence-corrected chi connectivity index (χ1v) is 12.5. The largest absolute Gasteiger partial charge is 0.497 e. The van der Waals surface area contributed by atoms with E-state index in [-0.39, 0.29) is 11.7 Å². The van der Waals surface area contributed by atoms with Crippen LogP contribution in [0.15, 0.2) is 83.1 Å². The van der Waals surface area contributed by atoms with Gasteiger partial charge in [-0.3, -0.25) is 9.36 Å². The Morgan fingerprint density at radius 1 is 1.03 bits per heavy atom. The molecular formula is C26H24ClN5O3S. The van der Waals surface area contributed by atoms with Crippen LogP contribution in [0.3, 0.4) is 0 Å². The number of nitrogens with zero attached hydrogens (tertiary/aromatic N) is 4. The predicted molar refractivity (Wildman–Crippen MR) is 142 cm³/mol. The second kappa shape index (κ2) is 12.2. The monoisotopic (exact) mass is 521 g/mol. The maximum Gasteiger partial charge on any atom is 0.250 e. The summed E-state index contributed by atoms with van der Waals surface area (Å²) in [7, 11) is 1.61. The number of carbonyl (C=O) groups excluding carboxylic acids is 1. The summed E-state index contributed by atoms with van der Waals surface area (Å²) in [6, 6.07) is 22.3. The fourth-order valence-electron chi connectivity index (χ4n) is 3.27. The van der Waals surface area contributed by atoms with Crippen molar-refractivity contribution in [3.05, 3.63) is 83.4 Å². The van der Waals surface area contributed by atoms with E-state index in [1.165, 1.54) is 11.8 Å². The van der Waals surface area contributed by atoms with Gasteiger partial charge in [0.2, 0.25) is 0 Å². The van der Waals surface area contributed by atoms with Crippen LogP contribution >= 0.6 is 23.4 Å². The minimum atomic E-state index is -0.265. The van der Waals surface area contributed by atoms with Gasteiger partial charge in [-0.25, -0.2) is 5.43 Å². The molecule has 0 unspecified atom stereocenters. The van der Waals surface area contributed by atoms with Crippen LogP contribution in [0.5, 0.6) is 11.5 Å². The molecule has 0 spiro atoms. The van der Waals surface area contributed by atoms with E-state index in [1.54, 1.807) is 25.5 Å². The van der Waals surface area contributed by atoms with Gasteiger partial charge in [0.1, 0.15) is 11.5 Å². The van der Waals surface area contributed by atoms with Gasteiger partial charge in [-0.15, -0.1) is 10.2 Å². The number of ether oxygens (including phenoxy) is 2. The van der Waals surface area contributed by atoms with Crippen molar-refractivity contribution in [1.82, 2.24) is 20.2 Å². The lowest BCUT2D eigenvalue weighted by Crippen LogP contribution is -2.20. The molecule has 8 nitrogen and oxygen atoms in total. The highest BCUT2D eigenvalue weighted by Gasteiger charge is 2.17. The predicted octanol–water partition coefficient (Wildman–Crippen LogP) is 5.24. The Kier molecular flexibility index (Phi) is 8.59. The summed E-state index contributed by atoms with van der Waals surface area (Å²) in [4.78, 5) is 12.4. The molecule has 184 valence electrons. The number of halogens is 1. The van der Waals surface area contributed by atoms with Crippen LogP contribution in [0.2, 0.25) is 5.02 Å². The van der Waals surface area contributed by atoms with E-state index in [9.17, 15) is 4.79 Å². The number of hydrogen-bond donors (Lipinski definition) is 1. The van der Waals surface area contributed by atoms with Gasteiger partial charge < -0.3 is 9.47 Å². The molecule has 10 heteroatoms. The molecule has 1 amide bonds. The van der Waals surface area contributed by atoms with Crippen LogP contribution in [0, 0.1) is 0 Å². The van der Waals surface area contributed by atoms with E-state index < -0.39 is 0 Å². The molecule has 4 rings (SSSR count). The van der Waals surface area contributed by atoms with Crippen molar-refractivity contribution in [1.29, 1.82) is 0 Å². The Balaban J connectivity index is 1.50. The number of carbonyl (C=O) groups is 1. The molecule has 0 radical (unpaired) electrons. The number of hydrogen-bond acceptors (Lipinski definition) is 7. The summed E-state index contributed by atoms with van der Waals surface area (Å²) in [6.07, 6.45) is 1.57. The van der Waals surface area contributed by atoms with Gasteiger partial charge in [-0.1, -0.05) is 23.4 Å². The number of thioether (sulfide) groups is 1. The fourth-order valence-corrected chi connectivity index (χ4v) is 4.14. The molecule has 0 fully saturated rings. The maximum atomic E-state index is 12.4. The van der Waals surface area contributed by atoms with Crippen LogP contribution in [-0.2, 0) is 4.79 Å². The number of amides is 1. The standard InChI is InChI=1S/C26H24ClN5O3S/c1-3-35-23-14-10-21(11-15-23)32-25(19-6-8-20(27)9-7-19)30-31-26(32)36-17-24(33)29-28-16-18-4-12-22(34-2)13-5-18/h4-16H,3,17H2,1-2H3,(H,29,33). The smallest absolute Gasteiger partial charge is 0.250 e. The summed E-state index contributed by atoms with van der Waals surface area (Å²) < 4.78 is 12.6. The molecule has 1 aromatic heterocycles. The number of hydrazone groups is 1. The number of aromatic nitrogens is 3. The lowest BCUT2D eigenvalue weighted by Gasteiger charge is -2.11. The average Bonchev–Trinajstić information content (AvgIpc) is 3.33. The van der Waals surface area contributed by atoms with Crippen LogP contribution in [0.4, 0.5) is 0 Å². The van der Waals surface area contributed by atoms with Crippen LogP contribution in [0.25, 0.3) is 17.1 Å². The summed E-state index contributed by atoms with van der Waals surface area (Å²) in [5.74, 6) is 2.00. The van der Waals surface area contributed by atoms with Gasteiger partial charge in [0.05, 0.1) is 25.7 Å². The van der Waals surface area contributed by atoms with E-state index >= 15 is 0 Å². The van der Waals surface area contributed by atoms with Crippen molar-refractivity contribution >= 4 is 35.5 Å². The number of benzene rings is 3. The Morgan fingerprint density at radius 2 is 1.72 bits per heavy atom. The fraction of sp³-hybridized carbons (Fsp3) is 0.154. The molecule has 36 heavy (non-hydrogen) atoms. The van der Waals surface area contributed by atoms with E-state index in [1.807, 2.05) is 72.2 Å². The van der Waals surface area contributed by atoms with Gasteiger partial charge in [0.15, 0.2) is 11.0 Å².